The molecule has 0 aliphatic carbocycles. The van der Waals surface area contributed by atoms with Gasteiger partial charge in [-0.2, -0.15) is 5.10 Å². The molecule has 0 saturated carbocycles. The SMILES string of the molecule is O=C(NC(Cc1ccc(-c2ccccc2)cc1)CC(O)C(=O)O)c1cc(-c2ccc3ccccc3c2)[nH]n1. The Labute approximate surface area is 219 Å². The molecule has 5 aromatic rings. The van der Waals surface area contributed by atoms with E-state index in [0.717, 1.165) is 33.0 Å². The van der Waals surface area contributed by atoms with E-state index in [9.17, 15) is 19.8 Å². The van der Waals surface area contributed by atoms with Gasteiger partial charge in [0, 0.05) is 18.0 Å². The summed E-state index contributed by atoms with van der Waals surface area (Å²) in [5, 5.41) is 31.4. The fraction of sp³-hybridized carbons (Fsp3) is 0.129. The summed E-state index contributed by atoms with van der Waals surface area (Å²) in [6.07, 6.45) is -1.38. The Hall–Kier alpha value is -4.75. The number of aliphatic carboxylic acids is 1. The van der Waals surface area contributed by atoms with Crippen LogP contribution in [0, 0.1) is 0 Å². The minimum absolute atomic E-state index is 0.135. The number of benzene rings is 4. The number of carbonyl (C=O) groups excluding carboxylic acids is 1. The highest BCUT2D eigenvalue weighted by Crippen LogP contribution is 2.24. The van der Waals surface area contributed by atoms with Crippen molar-refractivity contribution in [1.29, 1.82) is 0 Å². The zero-order valence-corrected chi connectivity index (χ0v) is 20.5. The number of carbonyl (C=O) groups is 2. The van der Waals surface area contributed by atoms with Crippen LogP contribution in [0.5, 0.6) is 0 Å². The van der Waals surface area contributed by atoms with Gasteiger partial charge in [-0.3, -0.25) is 9.89 Å². The topological polar surface area (TPSA) is 115 Å². The third-order valence-corrected chi connectivity index (χ3v) is 6.54. The lowest BCUT2D eigenvalue weighted by atomic mass is 9.97. The monoisotopic (exact) mass is 505 g/mol. The van der Waals surface area contributed by atoms with Crippen molar-refractivity contribution < 1.29 is 19.8 Å². The number of aliphatic hydroxyl groups excluding tert-OH is 1. The van der Waals surface area contributed by atoms with E-state index < -0.39 is 24.0 Å². The molecule has 2 unspecified atom stereocenters. The van der Waals surface area contributed by atoms with Crippen molar-refractivity contribution in [2.24, 2.45) is 0 Å². The quantitative estimate of drug-likeness (QED) is 0.223. The van der Waals surface area contributed by atoms with Crippen LogP contribution in [0.25, 0.3) is 33.2 Å². The van der Waals surface area contributed by atoms with Crippen LogP contribution < -0.4 is 5.32 Å². The molecular weight excluding hydrogens is 478 g/mol. The second-order valence-electron chi connectivity index (χ2n) is 9.26. The molecule has 38 heavy (non-hydrogen) atoms. The number of hydrogen-bond acceptors (Lipinski definition) is 4. The van der Waals surface area contributed by atoms with E-state index in [1.807, 2.05) is 97.1 Å². The van der Waals surface area contributed by atoms with Crippen LogP contribution in [0.2, 0.25) is 0 Å². The predicted molar refractivity (Wildman–Crippen MR) is 147 cm³/mol. The molecule has 4 N–H and O–H groups in total. The summed E-state index contributed by atoms with van der Waals surface area (Å²) in [6, 6.07) is 32.9. The molecule has 1 amide bonds. The Morgan fingerprint density at radius 3 is 2.18 bits per heavy atom. The average Bonchev–Trinajstić information content (AvgIpc) is 3.44. The van der Waals surface area contributed by atoms with E-state index >= 15 is 0 Å². The van der Waals surface area contributed by atoms with Crippen molar-refractivity contribution >= 4 is 22.6 Å². The van der Waals surface area contributed by atoms with Crippen LogP contribution in [0.3, 0.4) is 0 Å². The van der Waals surface area contributed by atoms with Crippen LogP contribution in [-0.4, -0.2) is 44.4 Å². The molecule has 7 heteroatoms. The second-order valence-corrected chi connectivity index (χ2v) is 9.26. The highest BCUT2D eigenvalue weighted by molar-refractivity contribution is 5.94. The van der Waals surface area contributed by atoms with E-state index in [2.05, 4.69) is 15.5 Å². The minimum Gasteiger partial charge on any atom is -0.479 e. The lowest BCUT2D eigenvalue weighted by Crippen LogP contribution is -2.40. The molecule has 0 radical (unpaired) electrons. The molecule has 5 rings (SSSR count). The summed E-state index contributed by atoms with van der Waals surface area (Å²) < 4.78 is 0. The van der Waals surface area contributed by atoms with Gasteiger partial charge in [0.15, 0.2) is 11.8 Å². The second kappa shape index (κ2) is 11.1. The first kappa shape index (κ1) is 24.9. The van der Waals surface area contributed by atoms with E-state index in [1.165, 1.54) is 0 Å². The van der Waals surface area contributed by atoms with E-state index in [4.69, 9.17) is 0 Å². The molecule has 0 saturated heterocycles. The number of aromatic amines is 1. The number of nitrogens with one attached hydrogen (secondary N) is 2. The predicted octanol–water partition coefficient (Wildman–Crippen LogP) is 5.07. The van der Waals surface area contributed by atoms with Crippen molar-refractivity contribution in [3.8, 4) is 22.4 Å². The first-order valence-electron chi connectivity index (χ1n) is 12.4. The summed E-state index contributed by atoms with van der Waals surface area (Å²) in [6.45, 7) is 0. The Balaban J connectivity index is 1.31. The molecule has 0 aliphatic heterocycles. The largest absolute Gasteiger partial charge is 0.479 e. The van der Waals surface area contributed by atoms with Crippen molar-refractivity contribution in [2.45, 2.75) is 25.0 Å². The zero-order chi connectivity index (χ0) is 26.5. The first-order valence-corrected chi connectivity index (χ1v) is 12.4. The number of carboxylic acids is 1. The molecule has 1 heterocycles. The van der Waals surface area contributed by atoms with Gasteiger partial charge in [0.25, 0.3) is 5.91 Å². The Morgan fingerprint density at radius 1 is 0.789 bits per heavy atom. The van der Waals surface area contributed by atoms with Gasteiger partial charge in [-0.15, -0.1) is 0 Å². The maximum absolute atomic E-state index is 13.1. The molecule has 190 valence electrons. The van der Waals surface area contributed by atoms with Gasteiger partial charge in [-0.05, 0) is 46.0 Å². The molecule has 4 aromatic carbocycles. The number of nitrogens with zero attached hydrogens (tertiary/aromatic N) is 1. The number of H-pyrrole nitrogens is 1. The standard InChI is InChI=1S/C31H27N3O4/c35-29(31(37)38)18-26(16-20-10-12-23(13-11-20)21-6-2-1-3-7-21)32-30(36)28-19-27(33-34-28)25-15-14-22-8-4-5-9-24(22)17-25/h1-15,17,19,26,29,35H,16,18H2,(H,32,36)(H,33,34)(H,37,38). The zero-order valence-electron chi connectivity index (χ0n) is 20.5. The molecule has 0 fully saturated rings. The molecule has 2 atom stereocenters. The van der Waals surface area contributed by atoms with Gasteiger partial charge in [0.2, 0.25) is 0 Å². The summed E-state index contributed by atoms with van der Waals surface area (Å²) in [5.41, 5.74) is 4.82. The summed E-state index contributed by atoms with van der Waals surface area (Å²) in [5.74, 6) is -1.78. The number of hydrogen-bond donors (Lipinski definition) is 4. The summed E-state index contributed by atoms with van der Waals surface area (Å²) in [4.78, 5) is 24.4. The number of aliphatic hydroxyl groups is 1. The van der Waals surface area contributed by atoms with Crippen LogP contribution in [0.4, 0.5) is 0 Å². The lowest BCUT2D eigenvalue weighted by molar-refractivity contribution is -0.147. The number of amides is 1. The number of carboxylic acid groups (broad SMARTS) is 1. The van der Waals surface area contributed by atoms with E-state index in [-0.39, 0.29) is 12.1 Å². The van der Waals surface area contributed by atoms with Gasteiger partial charge in [-0.1, -0.05) is 91.0 Å². The van der Waals surface area contributed by atoms with Crippen molar-refractivity contribution in [3.63, 3.8) is 0 Å². The Kier molecular flexibility index (Phi) is 7.28. The van der Waals surface area contributed by atoms with Crippen LogP contribution >= 0.6 is 0 Å². The average molecular weight is 506 g/mol. The maximum Gasteiger partial charge on any atom is 0.332 e. The van der Waals surface area contributed by atoms with Crippen LogP contribution in [0.15, 0.2) is 103 Å². The third kappa shape index (κ3) is 5.79. The Bertz CT molecular complexity index is 1560. The van der Waals surface area contributed by atoms with E-state index in [1.54, 1.807) is 6.07 Å². The van der Waals surface area contributed by atoms with Crippen molar-refractivity contribution in [1.82, 2.24) is 15.5 Å². The summed E-state index contributed by atoms with van der Waals surface area (Å²) >= 11 is 0. The maximum atomic E-state index is 13.1. The molecule has 0 bridgehead atoms. The Morgan fingerprint density at radius 2 is 1.45 bits per heavy atom. The van der Waals surface area contributed by atoms with Gasteiger partial charge in [0.05, 0.1) is 5.69 Å². The number of aromatic nitrogens is 2. The highest BCUT2D eigenvalue weighted by atomic mass is 16.4. The molecule has 1 aromatic heterocycles. The fourth-order valence-corrected chi connectivity index (χ4v) is 4.51. The fourth-order valence-electron chi connectivity index (χ4n) is 4.51. The van der Waals surface area contributed by atoms with E-state index in [0.29, 0.717) is 12.1 Å². The number of rotatable bonds is 9. The molecule has 7 nitrogen and oxygen atoms in total. The highest BCUT2D eigenvalue weighted by Gasteiger charge is 2.23. The smallest absolute Gasteiger partial charge is 0.332 e. The lowest BCUT2D eigenvalue weighted by Gasteiger charge is -2.20. The minimum atomic E-state index is -1.60. The third-order valence-electron chi connectivity index (χ3n) is 6.54. The normalized spacial score (nSPS) is 12.7. The van der Waals surface area contributed by atoms with Gasteiger partial charge in [0.1, 0.15) is 0 Å². The molecule has 0 spiro atoms. The first-order chi connectivity index (χ1) is 18.5. The van der Waals surface area contributed by atoms with Gasteiger partial charge < -0.3 is 15.5 Å². The molecular formula is C31H27N3O4. The van der Waals surface area contributed by atoms with Gasteiger partial charge >= 0.3 is 5.97 Å². The van der Waals surface area contributed by atoms with Crippen LogP contribution in [-0.2, 0) is 11.2 Å². The van der Waals surface area contributed by atoms with Crippen LogP contribution in [0.1, 0.15) is 22.5 Å². The summed E-state index contributed by atoms with van der Waals surface area (Å²) in [7, 11) is 0. The van der Waals surface area contributed by atoms with Crippen molar-refractivity contribution in [2.75, 3.05) is 0 Å². The van der Waals surface area contributed by atoms with Crippen molar-refractivity contribution in [3.05, 3.63) is 114 Å². The number of fused-ring (bicyclic) bond motifs is 1. The van der Waals surface area contributed by atoms with Gasteiger partial charge in [-0.25, -0.2) is 4.79 Å². The molecule has 0 aliphatic rings.